The van der Waals surface area contributed by atoms with Crippen molar-refractivity contribution in [3.8, 4) is 0 Å². The first kappa shape index (κ1) is 12.7. The van der Waals surface area contributed by atoms with Gasteiger partial charge < -0.3 is 11.5 Å². The number of rotatable bonds is 2. The van der Waals surface area contributed by atoms with E-state index >= 15 is 0 Å². The molecule has 0 spiro atoms. The summed E-state index contributed by atoms with van der Waals surface area (Å²) in [6.45, 7) is -0.0271. The number of alkyl halides is 3. The maximum atomic E-state index is 11.5. The smallest absolute Gasteiger partial charge is 0.330 e. The minimum atomic E-state index is -4.29. The fourth-order valence-electron chi connectivity index (χ4n) is 0.343. The fraction of sp³-hybridized carbons (Fsp3) is 1.00. The van der Waals surface area contributed by atoms with E-state index in [4.69, 9.17) is 5.73 Å². The molecule has 0 aliphatic heterocycles. The summed E-state index contributed by atoms with van der Waals surface area (Å²) in [5, 5.41) is 0. The van der Waals surface area contributed by atoms with Gasteiger partial charge in [-0.2, -0.15) is 13.2 Å². The van der Waals surface area contributed by atoms with Crippen LogP contribution in [0.3, 0.4) is 0 Å². The van der Waals surface area contributed by atoms with E-state index < -0.39 is 12.2 Å². The average molecular weight is 179 g/mol. The van der Waals surface area contributed by atoms with Gasteiger partial charge in [-0.05, 0) is 13.0 Å². The molecule has 0 saturated carbocycles. The van der Waals surface area contributed by atoms with E-state index in [1.807, 2.05) is 0 Å². The lowest BCUT2D eigenvalue weighted by Crippen LogP contribution is -2.38. The quantitative estimate of drug-likeness (QED) is 0.652. The van der Waals surface area contributed by atoms with Crippen LogP contribution in [0.1, 0.15) is 6.42 Å². The summed E-state index contributed by atoms with van der Waals surface area (Å²) in [6, 6.07) is -1.76. The Bertz CT molecular complexity index is 85.1. The third-order valence-electron chi connectivity index (χ3n) is 0.898. The zero-order valence-corrected chi connectivity index (χ0v) is 6.00. The van der Waals surface area contributed by atoms with Crippen LogP contribution in [0.4, 0.5) is 13.2 Å². The van der Waals surface area contributed by atoms with Crippen LogP contribution in [0.25, 0.3) is 0 Å². The Labute approximate surface area is 63.2 Å². The molecule has 0 fully saturated rings. The minimum Gasteiger partial charge on any atom is -0.330 e. The largest absolute Gasteiger partial charge is 0.403 e. The molecular weight excluding hydrogens is 169 g/mol. The van der Waals surface area contributed by atoms with Crippen LogP contribution in [-0.4, -0.2) is 18.8 Å². The lowest BCUT2D eigenvalue weighted by atomic mass is 10.2. The van der Waals surface area contributed by atoms with Gasteiger partial charge in [0.05, 0.1) is 0 Å². The molecule has 4 N–H and O–H groups in total. The van der Waals surface area contributed by atoms with Crippen molar-refractivity contribution in [1.82, 2.24) is 0 Å². The highest BCUT2D eigenvalue weighted by molar-refractivity contribution is 5.85. The molecule has 0 saturated heterocycles. The molecule has 2 nitrogen and oxygen atoms in total. The molecule has 0 aromatic heterocycles. The lowest BCUT2D eigenvalue weighted by molar-refractivity contribution is -0.148. The van der Waals surface area contributed by atoms with E-state index in [-0.39, 0.29) is 25.4 Å². The normalized spacial score (nSPS) is 14.1. The van der Waals surface area contributed by atoms with E-state index in [1.165, 1.54) is 0 Å². The van der Waals surface area contributed by atoms with Crippen molar-refractivity contribution in [1.29, 1.82) is 0 Å². The molecule has 0 unspecified atom stereocenters. The fourth-order valence-corrected chi connectivity index (χ4v) is 0.343. The molecule has 0 aromatic rings. The highest BCUT2D eigenvalue weighted by Gasteiger charge is 2.35. The van der Waals surface area contributed by atoms with Gasteiger partial charge in [0.15, 0.2) is 0 Å². The van der Waals surface area contributed by atoms with Gasteiger partial charge in [0.2, 0.25) is 0 Å². The van der Waals surface area contributed by atoms with E-state index in [1.54, 1.807) is 0 Å². The van der Waals surface area contributed by atoms with Crippen molar-refractivity contribution in [2.75, 3.05) is 6.54 Å². The highest BCUT2D eigenvalue weighted by Crippen LogP contribution is 2.19. The molecule has 0 aromatic carbocycles. The van der Waals surface area contributed by atoms with Crippen molar-refractivity contribution in [2.24, 2.45) is 11.5 Å². The summed E-state index contributed by atoms with van der Waals surface area (Å²) in [5.74, 6) is 0. The second kappa shape index (κ2) is 4.76. The van der Waals surface area contributed by atoms with Crippen molar-refractivity contribution in [2.45, 2.75) is 18.6 Å². The van der Waals surface area contributed by atoms with Gasteiger partial charge in [-0.15, -0.1) is 12.4 Å². The molecule has 0 amide bonds. The van der Waals surface area contributed by atoms with Gasteiger partial charge in [-0.1, -0.05) is 0 Å². The second-order valence-corrected chi connectivity index (χ2v) is 1.73. The van der Waals surface area contributed by atoms with Gasteiger partial charge in [-0.3, -0.25) is 0 Å². The van der Waals surface area contributed by atoms with Crippen molar-refractivity contribution >= 4 is 12.4 Å². The molecule has 0 bridgehead atoms. The minimum absolute atomic E-state index is 0. The zero-order chi connectivity index (χ0) is 7.49. The van der Waals surface area contributed by atoms with Crippen LogP contribution >= 0.6 is 12.4 Å². The molecule has 0 aliphatic rings. The van der Waals surface area contributed by atoms with Gasteiger partial charge in [0.25, 0.3) is 0 Å². The summed E-state index contributed by atoms with van der Waals surface area (Å²) in [4.78, 5) is 0. The van der Waals surface area contributed by atoms with Gasteiger partial charge in [0.1, 0.15) is 6.04 Å². The number of hydrogen-bond acceptors (Lipinski definition) is 2. The van der Waals surface area contributed by atoms with Crippen molar-refractivity contribution in [3.63, 3.8) is 0 Å². The topological polar surface area (TPSA) is 52.0 Å². The van der Waals surface area contributed by atoms with E-state index in [2.05, 4.69) is 5.73 Å². The molecule has 0 radical (unpaired) electrons. The van der Waals surface area contributed by atoms with Crippen LogP contribution in [0, 0.1) is 0 Å². The molecule has 64 valence electrons. The van der Waals surface area contributed by atoms with Crippen molar-refractivity contribution < 1.29 is 13.2 Å². The summed E-state index contributed by atoms with van der Waals surface area (Å²) < 4.78 is 34.4. The Balaban J connectivity index is 0. The van der Waals surface area contributed by atoms with Gasteiger partial charge in [-0.25, -0.2) is 0 Å². The van der Waals surface area contributed by atoms with Gasteiger partial charge in [0, 0.05) is 0 Å². The Morgan fingerprint density at radius 2 is 1.70 bits per heavy atom. The Morgan fingerprint density at radius 3 is 1.80 bits per heavy atom. The SMILES string of the molecule is Cl.NCC[C@@H](N)C(F)(F)F. The monoisotopic (exact) mass is 178 g/mol. The maximum absolute atomic E-state index is 11.5. The Kier molecular flexibility index (Phi) is 6.02. The van der Waals surface area contributed by atoms with Crippen LogP contribution in [0.15, 0.2) is 0 Å². The lowest BCUT2D eigenvalue weighted by Gasteiger charge is -2.13. The highest BCUT2D eigenvalue weighted by atomic mass is 35.5. The molecule has 1 atom stereocenters. The number of hydrogen-bond donors (Lipinski definition) is 2. The third kappa shape index (κ3) is 4.84. The maximum Gasteiger partial charge on any atom is 0.403 e. The predicted octanol–water partition coefficient (Wildman–Crippen LogP) is 0.647. The summed E-state index contributed by atoms with van der Waals surface area (Å²) >= 11 is 0. The summed E-state index contributed by atoms with van der Waals surface area (Å²) in [6.07, 6.45) is -4.50. The first-order valence-electron chi connectivity index (χ1n) is 2.51. The van der Waals surface area contributed by atoms with E-state index in [0.717, 1.165) is 0 Å². The standard InChI is InChI=1S/C4H9F3N2.ClH/c5-4(6,7)3(9)1-2-8;/h3H,1-2,8-9H2;1H/t3-;/m1./s1. The van der Waals surface area contributed by atoms with Crippen LogP contribution in [0.2, 0.25) is 0 Å². The van der Waals surface area contributed by atoms with Crippen LogP contribution in [-0.2, 0) is 0 Å². The van der Waals surface area contributed by atoms with E-state index in [9.17, 15) is 13.2 Å². The summed E-state index contributed by atoms with van der Waals surface area (Å²) in [5.41, 5.74) is 9.50. The predicted molar refractivity (Wildman–Crippen MR) is 34.9 cm³/mol. The van der Waals surface area contributed by atoms with Crippen molar-refractivity contribution in [3.05, 3.63) is 0 Å². The van der Waals surface area contributed by atoms with Gasteiger partial charge >= 0.3 is 6.18 Å². The number of nitrogens with two attached hydrogens (primary N) is 2. The Morgan fingerprint density at radius 1 is 1.30 bits per heavy atom. The second-order valence-electron chi connectivity index (χ2n) is 1.73. The molecule has 0 aliphatic carbocycles. The van der Waals surface area contributed by atoms with Crippen LogP contribution < -0.4 is 11.5 Å². The molecular formula is C4H10ClF3N2. The first-order chi connectivity index (χ1) is 3.98. The van der Waals surface area contributed by atoms with E-state index in [0.29, 0.717) is 0 Å². The number of halogens is 4. The molecule has 10 heavy (non-hydrogen) atoms. The molecule has 0 rings (SSSR count). The Hall–Kier alpha value is -0.0000000000000000555. The third-order valence-corrected chi connectivity index (χ3v) is 0.898. The zero-order valence-electron chi connectivity index (χ0n) is 5.19. The first-order valence-corrected chi connectivity index (χ1v) is 2.51. The molecule has 6 heteroatoms. The van der Waals surface area contributed by atoms with Crippen LogP contribution in [0.5, 0.6) is 0 Å². The molecule has 0 heterocycles. The summed E-state index contributed by atoms with van der Waals surface area (Å²) in [7, 11) is 0. The average Bonchev–Trinajstić information content (AvgIpc) is 1.64.